The Morgan fingerprint density at radius 2 is 2.38 bits per heavy atom. The van der Waals surface area contributed by atoms with Crippen molar-refractivity contribution in [1.82, 2.24) is 15.2 Å². The summed E-state index contributed by atoms with van der Waals surface area (Å²) >= 11 is 0. The van der Waals surface area contributed by atoms with Gasteiger partial charge in [0.05, 0.1) is 0 Å². The molecule has 1 N–H and O–H groups in total. The normalized spacial score (nSPS) is 21.0. The highest BCUT2D eigenvalue weighted by atomic mass is 19.3. The number of halogens is 2. The molecule has 1 aromatic heterocycles. The highest BCUT2D eigenvalue weighted by Gasteiger charge is 2.16. The maximum Gasteiger partial charge on any atom is 0.282 e. The molecule has 0 aromatic carbocycles. The highest BCUT2D eigenvalue weighted by molar-refractivity contribution is 5.87. The van der Waals surface area contributed by atoms with E-state index in [0.717, 1.165) is 25.0 Å². The molecular formula is C14H20F2N4O. The third kappa shape index (κ3) is 4.34. The van der Waals surface area contributed by atoms with Gasteiger partial charge in [-0.1, -0.05) is 6.92 Å². The van der Waals surface area contributed by atoms with Crippen LogP contribution in [0.15, 0.2) is 11.2 Å². The number of nitrogens with one attached hydrogen (secondary N) is 1. The van der Waals surface area contributed by atoms with Gasteiger partial charge in [0.15, 0.2) is 0 Å². The second-order valence-corrected chi connectivity index (χ2v) is 5.58. The average molecular weight is 298 g/mol. The van der Waals surface area contributed by atoms with E-state index in [4.69, 9.17) is 0 Å². The van der Waals surface area contributed by atoms with E-state index in [9.17, 15) is 13.6 Å². The van der Waals surface area contributed by atoms with Gasteiger partial charge in [-0.2, -0.15) is 10.2 Å². The number of carbonyl (C=O) groups excluding carboxylic acids is 1. The minimum Gasteiger partial charge on any atom is -0.271 e. The van der Waals surface area contributed by atoms with Crippen LogP contribution in [0.2, 0.25) is 0 Å². The van der Waals surface area contributed by atoms with E-state index in [1.54, 1.807) is 6.92 Å². The van der Waals surface area contributed by atoms with Crippen molar-refractivity contribution >= 4 is 11.6 Å². The second kappa shape index (κ2) is 6.78. The fraction of sp³-hybridized carbons (Fsp3) is 0.643. The van der Waals surface area contributed by atoms with Gasteiger partial charge < -0.3 is 0 Å². The van der Waals surface area contributed by atoms with Crippen molar-refractivity contribution < 1.29 is 13.6 Å². The minimum atomic E-state index is -2.63. The number of aryl methyl sites for hydroxylation is 1. The Bertz CT molecular complexity index is 539. The molecule has 7 heteroatoms. The van der Waals surface area contributed by atoms with E-state index in [0.29, 0.717) is 11.6 Å². The van der Waals surface area contributed by atoms with Crippen molar-refractivity contribution in [2.75, 3.05) is 0 Å². The number of nitrogens with zero attached hydrogens (tertiary/aromatic N) is 3. The maximum absolute atomic E-state index is 12.5. The SMILES string of the molecule is Cc1cc(C(F)F)nn1CC(=O)N/N=C1\CCC[C@@H](C)C1. The topological polar surface area (TPSA) is 59.3 Å². The lowest BCUT2D eigenvalue weighted by atomic mass is 9.89. The molecular weight excluding hydrogens is 278 g/mol. The molecule has 1 saturated carbocycles. The van der Waals surface area contributed by atoms with Crippen molar-refractivity contribution in [2.24, 2.45) is 11.0 Å². The Kier molecular flexibility index (Phi) is 5.03. The fourth-order valence-corrected chi connectivity index (χ4v) is 2.48. The zero-order chi connectivity index (χ0) is 15.4. The zero-order valence-corrected chi connectivity index (χ0v) is 12.3. The number of alkyl halides is 2. The van der Waals surface area contributed by atoms with Gasteiger partial charge in [-0.25, -0.2) is 14.2 Å². The maximum atomic E-state index is 12.5. The molecule has 5 nitrogen and oxygen atoms in total. The predicted molar refractivity (Wildman–Crippen MR) is 75.1 cm³/mol. The van der Waals surface area contributed by atoms with E-state index < -0.39 is 6.43 Å². The molecule has 0 saturated heterocycles. The summed E-state index contributed by atoms with van der Waals surface area (Å²) in [6.07, 6.45) is 1.45. The molecule has 1 heterocycles. The van der Waals surface area contributed by atoms with Crippen molar-refractivity contribution in [3.8, 4) is 0 Å². The average Bonchev–Trinajstić information content (AvgIpc) is 2.78. The molecule has 0 bridgehead atoms. The molecule has 0 unspecified atom stereocenters. The number of hydrazone groups is 1. The van der Waals surface area contributed by atoms with Gasteiger partial charge in [-0.15, -0.1) is 0 Å². The molecule has 1 aliphatic carbocycles. The number of amides is 1. The monoisotopic (exact) mass is 298 g/mol. The molecule has 1 aromatic rings. The number of hydrogen-bond donors (Lipinski definition) is 1. The van der Waals surface area contributed by atoms with Gasteiger partial charge in [0.1, 0.15) is 12.2 Å². The van der Waals surface area contributed by atoms with E-state index in [-0.39, 0.29) is 18.1 Å². The Balaban J connectivity index is 1.91. The third-order valence-electron chi connectivity index (χ3n) is 3.60. The quantitative estimate of drug-likeness (QED) is 0.869. The van der Waals surface area contributed by atoms with E-state index in [2.05, 4.69) is 22.5 Å². The van der Waals surface area contributed by atoms with E-state index >= 15 is 0 Å². The molecule has 0 radical (unpaired) electrons. The molecule has 2 rings (SSSR count). The highest BCUT2D eigenvalue weighted by Crippen LogP contribution is 2.21. The van der Waals surface area contributed by atoms with Crippen molar-refractivity contribution in [2.45, 2.75) is 52.5 Å². The number of rotatable bonds is 4. The standard InChI is InChI=1S/C14H20F2N4O/c1-9-4-3-5-11(6-9)17-18-13(21)8-20-10(2)7-12(19-20)14(15)16/h7,9,14H,3-6,8H2,1-2H3,(H,18,21)/b17-11+/t9-/m1/s1. The van der Waals surface area contributed by atoms with Gasteiger partial charge in [-0.3, -0.25) is 9.48 Å². The van der Waals surface area contributed by atoms with E-state index in [1.807, 2.05) is 0 Å². The van der Waals surface area contributed by atoms with E-state index in [1.165, 1.54) is 17.2 Å². The summed E-state index contributed by atoms with van der Waals surface area (Å²) in [5.41, 5.74) is 3.70. The zero-order valence-electron chi connectivity index (χ0n) is 12.3. The van der Waals surface area contributed by atoms with Gasteiger partial charge in [0, 0.05) is 11.4 Å². The van der Waals surface area contributed by atoms with Crippen LogP contribution in [0.5, 0.6) is 0 Å². The second-order valence-electron chi connectivity index (χ2n) is 5.58. The first-order chi connectivity index (χ1) is 9.95. The molecule has 1 amide bonds. The first-order valence-electron chi connectivity index (χ1n) is 7.12. The minimum absolute atomic E-state index is 0.106. The summed E-state index contributed by atoms with van der Waals surface area (Å²) in [6, 6.07) is 1.28. The lowest BCUT2D eigenvalue weighted by Gasteiger charge is -2.18. The molecule has 1 aliphatic rings. The first kappa shape index (κ1) is 15.6. The summed E-state index contributed by atoms with van der Waals surface area (Å²) < 4.78 is 26.3. The number of hydrogen-bond acceptors (Lipinski definition) is 3. The fourth-order valence-electron chi connectivity index (χ4n) is 2.48. The van der Waals surface area contributed by atoms with Crippen LogP contribution < -0.4 is 5.43 Å². The Morgan fingerprint density at radius 3 is 3.00 bits per heavy atom. The molecule has 0 spiro atoms. The molecule has 1 fully saturated rings. The summed E-state index contributed by atoms with van der Waals surface area (Å²) in [7, 11) is 0. The van der Waals surface area contributed by atoms with Crippen LogP contribution in [0.1, 0.15) is 50.4 Å². The molecule has 116 valence electrons. The summed E-state index contributed by atoms with van der Waals surface area (Å²) in [5, 5.41) is 7.84. The van der Waals surface area contributed by atoms with Crippen molar-refractivity contribution in [1.29, 1.82) is 0 Å². The first-order valence-corrected chi connectivity index (χ1v) is 7.12. The van der Waals surface area contributed by atoms with Gasteiger partial charge in [0.2, 0.25) is 0 Å². The summed E-state index contributed by atoms with van der Waals surface area (Å²) in [5.74, 6) is 0.240. The molecule has 1 atom stereocenters. The van der Waals surface area contributed by atoms with Crippen LogP contribution in [0, 0.1) is 12.8 Å². The predicted octanol–water partition coefficient (Wildman–Crippen LogP) is 2.81. The third-order valence-corrected chi connectivity index (χ3v) is 3.60. The van der Waals surface area contributed by atoms with Crippen molar-refractivity contribution in [3.63, 3.8) is 0 Å². The lowest BCUT2D eigenvalue weighted by molar-refractivity contribution is -0.121. The van der Waals surface area contributed by atoms with Crippen LogP contribution in [0.25, 0.3) is 0 Å². The Hall–Kier alpha value is -1.79. The van der Waals surface area contributed by atoms with Crippen LogP contribution in [0.4, 0.5) is 8.78 Å². The van der Waals surface area contributed by atoms with Crippen LogP contribution in [0.3, 0.4) is 0 Å². The lowest BCUT2D eigenvalue weighted by Crippen LogP contribution is -2.26. The number of aromatic nitrogens is 2. The smallest absolute Gasteiger partial charge is 0.271 e. The van der Waals surface area contributed by atoms with Crippen LogP contribution in [-0.4, -0.2) is 21.4 Å². The largest absolute Gasteiger partial charge is 0.282 e. The van der Waals surface area contributed by atoms with Gasteiger partial charge in [0.25, 0.3) is 12.3 Å². The van der Waals surface area contributed by atoms with Crippen LogP contribution >= 0.6 is 0 Å². The van der Waals surface area contributed by atoms with Crippen molar-refractivity contribution in [3.05, 3.63) is 17.5 Å². The van der Waals surface area contributed by atoms with Crippen LogP contribution in [-0.2, 0) is 11.3 Å². The Labute approximate surface area is 122 Å². The molecule has 0 aliphatic heterocycles. The van der Waals surface area contributed by atoms with Gasteiger partial charge >= 0.3 is 0 Å². The Morgan fingerprint density at radius 1 is 1.62 bits per heavy atom. The van der Waals surface area contributed by atoms with Gasteiger partial charge in [-0.05, 0) is 44.6 Å². The molecule has 21 heavy (non-hydrogen) atoms. The number of carbonyl (C=O) groups is 1. The summed E-state index contributed by atoms with van der Waals surface area (Å²) in [6.45, 7) is 3.70. The summed E-state index contributed by atoms with van der Waals surface area (Å²) in [4.78, 5) is 11.8.